The topological polar surface area (TPSA) is 84.2 Å². The maximum absolute atomic E-state index is 12.6. The van der Waals surface area contributed by atoms with E-state index in [4.69, 9.17) is 9.47 Å². The highest BCUT2D eigenvalue weighted by atomic mass is 79.9. The third-order valence-electron chi connectivity index (χ3n) is 4.03. The maximum atomic E-state index is 12.6. The van der Waals surface area contributed by atoms with E-state index in [0.717, 1.165) is 15.7 Å². The largest absolute Gasteiger partial charge is 0.493 e. The zero-order valence-electron chi connectivity index (χ0n) is 16.3. The molecule has 0 atom stereocenters. The van der Waals surface area contributed by atoms with Crippen molar-refractivity contribution in [2.45, 2.75) is 6.92 Å². The lowest BCUT2D eigenvalue weighted by Gasteiger charge is -2.09. The molecule has 0 aliphatic rings. The summed E-state index contributed by atoms with van der Waals surface area (Å²) in [5.74, 6) is 0.604. The zero-order valence-corrected chi connectivity index (χ0v) is 18.7. The number of hydrogen-bond acceptors (Lipinski definition) is 6. The molecule has 1 amide bonds. The number of aromatic nitrogens is 1. The minimum absolute atomic E-state index is 0.0402. The number of rotatable bonds is 7. The molecule has 1 heterocycles. The van der Waals surface area contributed by atoms with E-state index in [-0.39, 0.29) is 5.57 Å². The first kappa shape index (κ1) is 21.6. The van der Waals surface area contributed by atoms with E-state index in [1.165, 1.54) is 24.5 Å². The number of thiazole rings is 1. The van der Waals surface area contributed by atoms with Gasteiger partial charge in [-0.15, -0.1) is 11.3 Å². The number of methoxy groups -OCH3 is 1. The van der Waals surface area contributed by atoms with Crippen molar-refractivity contribution in [2.75, 3.05) is 19.0 Å². The van der Waals surface area contributed by atoms with Crippen LogP contribution in [0.1, 0.15) is 12.5 Å². The summed E-state index contributed by atoms with van der Waals surface area (Å²) in [5, 5.41) is 14.4. The number of halogens is 1. The summed E-state index contributed by atoms with van der Waals surface area (Å²) >= 11 is 4.70. The third kappa shape index (κ3) is 5.26. The van der Waals surface area contributed by atoms with E-state index in [1.807, 2.05) is 42.6 Å². The van der Waals surface area contributed by atoms with Gasteiger partial charge in [-0.05, 0) is 42.8 Å². The quantitative estimate of drug-likeness (QED) is 0.352. The molecule has 1 aromatic heterocycles. The van der Waals surface area contributed by atoms with Gasteiger partial charge in [0.25, 0.3) is 5.91 Å². The van der Waals surface area contributed by atoms with E-state index in [9.17, 15) is 10.1 Å². The van der Waals surface area contributed by atoms with Crippen LogP contribution in [0.5, 0.6) is 11.5 Å². The average Bonchev–Trinajstić information content (AvgIpc) is 3.21. The first-order valence-electron chi connectivity index (χ1n) is 8.99. The Morgan fingerprint density at radius 3 is 2.70 bits per heavy atom. The predicted octanol–water partition coefficient (Wildman–Crippen LogP) is 5.53. The molecule has 0 saturated carbocycles. The Morgan fingerprint density at radius 2 is 2.03 bits per heavy atom. The van der Waals surface area contributed by atoms with Gasteiger partial charge in [-0.1, -0.05) is 34.1 Å². The normalized spacial score (nSPS) is 10.9. The van der Waals surface area contributed by atoms with Crippen molar-refractivity contribution in [3.63, 3.8) is 0 Å². The lowest BCUT2D eigenvalue weighted by molar-refractivity contribution is -0.112. The highest BCUT2D eigenvalue weighted by Gasteiger charge is 2.13. The second-order valence-electron chi connectivity index (χ2n) is 6.01. The summed E-state index contributed by atoms with van der Waals surface area (Å²) in [7, 11) is 1.54. The molecular formula is C22H18BrN3O3S. The van der Waals surface area contributed by atoms with Crippen LogP contribution in [0, 0.1) is 11.3 Å². The summed E-state index contributed by atoms with van der Waals surface area (Å²) in [6, 6.07) is 14.9. The summed E-state index contributed by atoms with van der Waals surface area (Å²) in [4.78, 5) is 17.0. The smallest absolute Gasteiger partial charge is 0.268 e. The number of carbonyl (C=O) groups is 1. The van der Waals surface area contributed by atoms with Gasteiger partial charge in [0, 0.05) is 15.4 Å². The van der Waals surface area contributed by atoms with Gasteiger partial charge in [0.05, 0.1) is 19.4 Å². The molecule has 3 rings (SSSR count). The third-order valence-corrected chi connectivity index (χ3v) is 5.31. The van der Waals surface area contributed by atoms with Gasteiger partial charge < -0.3 is 9.47 Å². The maximum Gasteiger partial charge on any atom is 0.268 e. The number of nitriles is 1. The zero-order chi connectivity index (χ0) is 21.5. The fourth-order valence-corrected chi connectivity index (χ4v) is 3.59. The van der Waals surface area contributed by atoms with E-state index >= 15 is 0 Å². The molecule has 0 bridgehead atoms. The highest BCUT2D eigenvalue weighted by molar-refractivity contribution is 9.10. The number of anilines is 1. The summed E-state index contributed by atoms with van der Waals surface area (Å²) in [6.45, 7) is 2.39. The second-order valence-corrected chi connectivity index (χ2v) is 7.79. The number of nitrogens with zero attached hydrogens (tertiary/aromatic N) is 2. The highest BCUT2D eigenvalue weighted by Crippen LogP contribution is 2.29. The van der Waals surface area contributed by atoms with Gasteiger partial charge in [-0.3, -0.25) is 10.1 Å². The van der Waals surface area contributed by atoms with Crippen molar-refractivity contribution < 1.29 is 14.3 Å². The molecule has 0 aliphatic heterocycles. The Bertz CT molecular complexity index is 1120. The first-order chi connectivity index (χ1) is 14.5. The molecule has 8 heteroatoms. The minimum atomic E-state index is -0.526. The Kier molecular flexibility index (Phi) is 7.22. The number of nitrogens with one attached hydrogen (secondary N) is 1. The standard InChI is InChI=1S/C22H18BrN3O3S/c1-3-29-19-9-4-14(11-20(19)28-2)10-16(12-24)21(27)26-22-25-18(13-30-22)15-5-7-17(23)8-6-15/h4-11,13H,3H2,1-2H3,(H,25,26,27)/b16-10+. The van der Waals surface area contributed by atoms with Crippen LogP contribution in [-0.4, -0.2) is 24.6 Å². The average molecular weight is 484 g/mol. The van der Waals surface area contributed by atoms with Crippen LogP contribution in [0.3, 0.4) is 0 Å². The molecule has 0 spiro atoms. The number of hydrogen-bond donors (Lipinski definition) is 1. The molecule has 30 heavy (non-hydrogen) atoms. The van der Waals surface area contributed by atoms with Gasteiger partial charge >= 0.3 is 0 Å². The summed E-state index contributed by atoms with van der Waals surface area (Å²) < 4.78 is 11.8. The number of amides is 1. The van der Waals surface area contributed by atoms with Gasteiger partial charge in [0.2, 0.25) is 0 Å². The van der Waals surface area contributed by atoms with Crippen LogP contribution in [0.4, 0.5) is 5.13 Å². The van der Waals surface area contributed by atoms with E-state index in [0.29, 0.717) is 28.8 Å². The molecular weight excluding hydrogens is 466 g/mol. The van der Waals surface area contributed by atoms with Crippen LogP contribution in [-0.2, 0) is 4.79 Å². The predicted molar refractivity (Wildman–Crippen MR) is 122 cm³/mol. The fraction of sp³-hybridized carbons (Fsp3) is 0.136. The van der Waals surface area contributed by atoms with Crippen molar-refractivity contribution in [1.82, 2.24) is 4.98 Å². The van der Waals surface area contributed by atoms with E-state index < -0.39 is 5.91 Å². The Hall–Kier alpha value is -3.15. The molecule has 1 N–H and O–H groups in total. The van der Waals surface area contributed by atoms with E-state index in [1.54, 1.807) is 18.2 Å². The molecule has 3 aromatic rings. The summed E-state index contributed by atoms with van der Waals surface area (Å²) in [6.07, 6.45) is 1.50. The van der Waals surface area contributed by atoms with Crippen molar-refractivity contribution in [3.05, 3.63) is 63.5 Å². The van der Waals surface area contributed by atoms with Crippen LogP contribution in [0.2, 0.25) is 0 Å². The number of benzene rings is 2. The lowest BCUT2D eigenvalue weighted by Crippen LogP contribution is -2.13. The monoisotopic (exact) mass is 483 g/mol. The van der Waals surface area contributed by atoms with Crippen LogP contribution in [0.15, 0.2) is 57.9 Å². The van der Waals surface area contributed by atoms with Crippen molar-refractivity contribution >= 4 is 44.4 Å². The van der Waals surface area contributed by atoms with Crippen molar-refractivity contribution in [3.8, 4) is 28.8 Å². The molecule has 0 radical (unpaired) electrons. The van der Waals surface area contributed by atoms with Crippen LogP contribution in [0.25, 0.3) is 17.3 Å². The van der Waals surface area contributed by atoms with Crippen LogP contribution < -0.4 is 14.8 Å². The number of carbonyl (C=O) groups excluding carboxylic acids is 1. The molecule has 6 nitrogen and oxygen atoms in total. The second kappa shape index (κ2) is 10.1. The van der Waals surface area contributed by atoms with Gasteiger partial charge in [0.1, 0.15) is 11.6 Å². The molecule has 0 saturated heterocycles. The van der Waals surface area contributed by atoms with Gasteiger partial charge in [-0.25, -0.2) is 4.98 Å². The SMILES string of the molecule is CCOc1ccc(/C=C(\C#N)C(=O)Nc2nc(-c3ccc(Br)cc3)cs2)cc1OC. The fourth-order valence-electron chi connectivity index (χ4n) is 2.61. The number of ether oxygens (including phenoxy) is 2. The molecule has 0 aliphatic carbocycles. The van der Waals surface area contributed by atoms with Crippen LogP contribution >= 0.6 is 27.3 Å². The Morgan fingerprint density at radius 1 is 1.27 bits per heavy atom. The molecule has 152 valence electrons. The van der Waals surface area contributed by atoms with Gasteiger partial charge in [-0.2, -0.15) is 5.26 Å². The molecule has 0 unspecified atom stereocenters. The van der Waals surface area contributed by atoms with Gasteiger partial charge in [0.15, 0.2) is 16.6 Å². The Balaban J connectivity index is 1.77. The first-order valence-corrected chi connectivity index (χ1v) is 10.7. The minimum Gasteiger partial charge on any atom is -0.493 e. The molecule has 0 fully saturated rings. The van der Waals surface area contributed by atoms with Crippen molar-refractivity contribution in [2.24, 2.45) is 0 Å². The Labute approximate surface area is 186 Å². The van der Waals surface area contributed by atoms with Crippen molar-refractivity contribution in [1.29, 1.82) is 5.26 Å². The lowest BCUT2D eigenvalue weighted by atomic mass is 10.1. The molecule has 2 aromatic carbocycles. The summed E-state index contributed by atoms with van der Waals surface area (Å²) in [5.41, 5.74) is 2.30. The van der Waals surface area contributed by atoms with E-state index in [2.05, 4.69) is 26.2 Å².